The number of benzene rings is 2. The van der Waals surface area contributed by atoms with Crippen molar-refractivity contribution >= 4 is 38.4 Å². The minimum Gasteiger partial charge on any atom is -0.357 e. The molecule has 1 heterocycles. The van der Waals surface area contributed by atoms with Crippen LogP contribution in [0.4, 0.5) is 0 Å². The molecule has 3 aromatic rings. The number of fused-ring (bicyclic) bond motifs is 3. The van der Waals surface area contributed by atoms with E-state index in [4.69, 9.17) is 11.6 Å². The van der Waals surface area contributed by atoms with Crippen molar-refractivity contribution in [3.63, 3.8) is 0 Å². The highest BCUT2D eigenvalue weighted by atomic mass is 79.9. The number of aryl methyl sites for hydroxylation is 1. The molecule has 0 fully saturated rings. The Hall–Kier alpha value is -1.29. The molecule has 1 aliphatic carbocycles. The Labute approximate surface area is 155 Å². The van der Waals surface area contributed by atoms with Crippen LogP contribution in [0.25, 0.3) is 10.9 Å². The van der Waals surface area contributed by atoms with Gasteiger partial charge in [-0.3, -0.25) is 0 Å². The van der Waals surface area contributed by atoms with Crippen LogP contribution < -0.4 is 5.32 Å². The van der Waals surface area contributed by atoms with E-state index in [0.717, 1.165) is 22.5 Å². The molecular weight excluding hydrogens is 384 g/mol. The van der Waals surface area contributed by atoms with Crippen molar-refractivity contribution in [3.05, 3.63) is 68.8 Å². The van der Waals surface area contributed by atoms with Gasteiger partial charge in [-0.1, -0.05) is 39.7 Å². The summed E-state index contributed by atoms with van der Waals surface area (Å²) < 4.78 is 1.15. The van der Waals surface area contributed by atoms with E-state index in [-0.39, 0.29) is 0 Å². The van der Waals surface area contributed by atoms with Gasteiger partial charge in [0.1, 0.15) is 0 Å². The van der Waals surface area contributed by atoms with Crippen LogP contribution in [-0.4, -0.2) is 11.5 Å². The molecule has 0 radical (unpaired) electrons. The molecule has 4 rings (SSSR count). The van der Waals surface area contributed by atoms with E-state index in [1.165, 1.54) is 47.0 Å². The highest BCUT2D eigenvalue weighted by molar-refractivity contribution is 9.10. The number of aromatic nitrogens is 1. The molecule has 2 nitrogen and oxygen atoms in total. The summed E-state index contributed by atoms with van der Waals surface area (Å²) >= 11 is 9.54. The first kappa shape index (κ1) is 16.2. The van der Waals surface area contributed by atoms with Crippen molar-refractivity contribution < 1.29 is 0 Å². The van der Waals surface area contributed by atoms with E-state index >= 15 is 0 Å². The lowest BCUT2D eigenvalue weighted by molar-refractivity contribution is 0.456. The van der Waals surface area contributed by atoms with Gasteiger partial charge in [-0.15, -0.1) is 0 Å². The Morgan fingerprint density at radius 1 is 1.17 bits per heavy atom. The topological polar surface area (TPSA) is 27.8 Å². The van der Waals surface area contributed by atoms with Crippen molar-refractivity contribution in [1.29, 1.82) is 0 Å². The Bertz CT molecular complexity index is 854. The number of H-pyrrole nitrogens is 1. The summed E-state index contributed by atoms with van der Waals surface area (Å²) in [4.78, 5) is 3.65. The fourth-order valence-electron chi connectivity index (χ4n) is 3.68. The van der Waals surface area contributed by atoms with Crippen LogP contribution in [-0.2, 0) is 12.8 Å². The van der Waals surface area contributed by atoms with Gasteiger partial charge in [0.05, 0.1) is 0 Å². The van der Waals surface area contributed by atoms with E-state index in [1.54, 1.807) is 0 Å². The van der Waals surface area contributed by atoms with Crippen LogP contribution in [0.2, 0.25) is 5.02 Å². The number of aromatic amines is 1. The molecule has 124 valence electrons. The van der Waals surface area contributed by atoms with Crippen LogP contribution in [0.1, 0.15) is 35.7 Å². The molecule has 0 bridgehead atoms. The summed E-state index contributed by atoms with van der Waals surface area (Å²) in [5.41, 5.74) is 5.44. The van der Waals surface area contributed by atoms with E-state index in [1.807, 2.05) is 12.1 Å². The second kappa shape index (κ2) is 6.91. The maximum Gasteiger partial charge on any atom is 0.0476 e. The van der Waals surface area contributed by atoms with Crippen LogP contribution >= 0.6 is 27.5 Å². The lowest BCUT2D eigenvalue weighted by Crippen LogP contribution is -2.27. The van der Waals surface area contributed by atoms with Crippen molar-refractivity contribution in [1.82, 2.24) is 10.3 Å². The summed E-state index contributed by atoms with van der Waals surface area (Å²) in [6, 6.07) is 15.1. The zero-order chi connectivity index (χ0) is 16.5. The first-order valence-corrected chi connectivity index (χ1v) is 9.65. The van der Waals surface area contributed by atoms with Crippen LogP contribution in [0.15, 0.2) is 46.9 Å². The fraction of sp³-hybridized carbons (Fsp3) is 0.300. The maximum absolute atomic E-state index is 5.95. The molecule has 0 spiro atoms. The lowest BCUT2D eigenvalue weighted by atomic mass is 9.91. The highest BCUT2D eigenvalue weighted by Crippen LogP contribution is 2.35. The molecule has 1 atom stereocenters. The third kappa shape index (κ3) is 3.26. The van der Waals surface area contributed by atoms with Crippen molar-refractivity contribution in [3.8, 4) is 0 Å². The summed E-state index contributed by atoms with van der Waals surface area (Å²) in [6.45, 7) is 0.977. The first-order valence-electron chi connectivity index (χ1n) is 8.48. The molecule has 1 aliphatic rings. The molecule has 24 heavy (non-hydrogen) atoms. The SMILES string of the molecule is Clc1ccc(CCNC2CCCc3c2[nH]c2ccc(Br)cc32)cc1. The van der Waals surface area contributed by atoms with E-state index < -0.39 is 0 Å². The van der Waals surface area contributed by atoms with Gasteiger partial charge in [-0.25, -0.2) is 0 Å². The monoisotopic (exact) mass is 402 g/mol. The van der Waals surface area contributed by atoms with Gasteiger partial charge >= 0.3 is 0 Å². The number of halogens is 2. The normalized spacial score (nSPS) is 17.2. The van der Waals surface area contributed by atoms with Gasteiger partial charge in [-0.2, -0.15) is 0 Å². The van der Waals surface area contributed by atoms with Crippen LogP contribution in [0, 0.1) is 0 Å². The molecule has 1 aromatic heterocycles. The Kier molecular flexibility index (Phi) is 4.66. The number of hydrogen-bond donors (Lipinski definition) is 2. The van der Waals surface area contributed by atoms with Gasteiger partial charge in [0.2, 0.25) is 0 Å². The maximum atomic E-state index is 5.95. The highest BCUT2D eigenvalue weighted by Gasteiger charge is 2.23. The number of nitrogens with one attached hydrogen (secondary N) is 2. The smallest absolute Gasteiger partial charge is 0.0476 e. The molecule has 0 saturated carbocycles. The van der Waals surface area contributed by atoms with E-state index in [0.29, 0.717) is 6.04 Å². The second-order valence-corrected chi connectivity index (χ2v) is 7.83. The molecule has 2 N–H and O–H groups in total. The Morgan fingerprint density at radius 3 is 2.83 bits per heavy atom. The number of hydrogen-bond acceptors (Lipinski definition) is 1. The van der Waals surface area contributed by atoms with Gasteiger partial charge in [0, 0.05) is 32.1 Å². The third-order valence-electron chi connectivity index (χ3n) is 4.89. The van der Waals surface area contributed by atoms with Crippen molar-refractivity contribution in [2.24, 2.45) is 0 Å². The van der Waals surface area contributed by atoms with Crippen LogP contribution in [0.5, 0.6) is 0 Å². The fourth-order valence-corrected chi connectivity index (χ4v) is 4.17. The second-order valence-electron chi connectivity index (χ2n) is 6.48. The quantitative estimate of drug-likeness (QED) is 0.566. The van der Waals surface area contributed by atoms with E-state index in [2.05, 4.69) is 56.6 Å². The molecule has 4 heteroatoms. The standard InChI is InChI=1S/C20H20BrClN2/c21-14-6-9-18-17(12-14)16-2-1-3-19(20(16)24-18)23-11-10-13-4-7-15(22)8-5-13/h4-9,12,19,23-24H,1-3,10-11H2. The molecule has 0 amide bonds. The van der Waals surface area contributed by atoms with Crippen LogP contribution in [0.3, 0.4) is 0 Å². The number of rotatable bonds is 4. The summed E-state index contributed by atoms with van der Waals surface area (Å²) in [5, 5.41) is 5.90. The minimum atomic E-state index is 0.423. The first-order chi connectivity index (χ1) is 11.7. The summed E-state index contributed by atoms with van der Waals surface area (Å²) in [6.07, 6.45) is 4.63. The minimum absolute atomic E-state index is 0.423. The zero-order valence-corrected chi connectivity index (χ0v) is 15.8. The molecule has 2 aromatic carbocycles. The lowest BCUT2D eigenvalue weighted by Gasteiger charge is -2.24. The summed E-state index contributed by atoms with van der Waals surface area (Å²) in [5.74, 6) is 0. The summed E-state index contributed by atoms with van der Waals surface area (Å²) in [7, 11) is 0. The Morgan fingerprint density at radius 2 is 2.00 bits per heavy atom. The largest absolute Gasteiger partial charge is 0.357 e. The average molecular weight is 404 g/mol. The van der Waals surface area contributed by atoms with Crippen molar-refractivity contribution in [2.75, 3.05) is 6.54 Å². The molecular formula is C20H20BrClN2. The predicted octanol–water partition coefficient (Wildman–Crippen LogP) is 5.79. The van der Waals surface area contributed by atoms with E-state index in [9.17, 15) is 0 Å². The van der Waals surface area contributed by atoms with Gasteiger partial charge < -0.3 is 10.3 Å². The third-order valence-corrected chi connectivity index (χ3v) is 5.63. The van der Waals surface area contributed by atoms with Gasteiger partial charge in [0.15, 0.2) is 0 Å². The zero-order valence-electron chi connectivity index (χ0n) is 13.4. The van der Waals surface area contributed by atoms with Crippen molar-refractivity contribution in [2.45, 2.75) is 31.7 Å². The van der Waals surface area contributed by atoms with Gasteiger partial charge in [0.25, 0.3) is 0 Å². The van der Waals surface area contributed by atoms with Gasteiger partial charge in [-0.05, 0) is 73.7 Å². The molecule has 1 unspecified atom stereocenters. The predicted molar refractivity (Wildman–Crippen MR) is 105 cm³/mol. The molecule has 0 saturated heterocycles. The average Bonchev–Trinajstić information content (AvgIpc) is 2.95. The molecule has 0 aliphatic heterocycles. The Balaban J connectivity index is 1.49.